The fourth-order valence-electron chi connectivity index (χ4n) is 1.93. The second kappa shape index (κ2) is 5.49. The van der Waals surface area contributed by atoms with Crippen molar-refractivity contribution in [3.05, 3.63) is 60.0 Å². The molecule has 0 spiro atoms. The topological polar surface area (TPSA) is 85.6 Å². The standard InChI is InChI=1S/C14H12N6O/c1-10-6-7-15-13(8-10)17-14(21)11-4-2-3-5-12(11)20-9-16-18-19-20/h2-9H,1H3,(H,15,17,21). The van der Waals surface area contributed by atoms with E-state index >= 15 is 0 Å². The molecule has 21 heavy (non-hydrogen) atoms. The van der Waals surface area contributed by atoms with E-state index < -0.39 is 0 Å². The molecule has 0 bridgehead atoms. The van der Waals surface area contributed by atoms with E-state index in [1.54, 1.807) is 30.5 Å². The van der Waals surface area contributed by atoms with Gasteiger partial charge in [-0.05, 0) is 47.2 Å². The lowest BCUT2D eigenvalue weighted by atomic mass is 10.1. The van der Waals surface area contributed by atoms with Gasteiger partial charge in [0.15, 0.2) is 0 Å². The van der Waals surface area contributed by atoms with Crippen LogP contribution in [0.1, 0.15) is 15.9 Å². The second-order valence-electron chi connectivity index (χ2n) is 4.44. The highest BCUT2D eigenvalue weighted by Gasteiger charge is 2.13. The van der Waals surface area contributed by atoms with Crippen molar-refractivity contribution in [3.8, 4) is 5.69 Å². The Balaban J connectivity index is 1.92. The molecule has 0 saturated carbocycles. The van der Waals surface area contributed by atoms with Crippen LogP contribution in [-0.2, 0) is 0 Å². The molecule has 0 unspecified atom stereocenters. The number of hydrogen-bond donors (Lipinski definition) is 1. The average molecular weight is 280 g/mol. The first kappa shape index (κ1) is 12.9. The summed E-state index contributed by atoms with van der Waals surface area (Å²) >= 11 is 0. The van der Waals surface area contributed by atoms with E-state index in [-0.39, 0.29) is 5.91 Å². The van der Waals surface area contributed by atoms with E-state index in [9.17, 15) is 4.79 Å². The monoisotopic (exact) mass is 280 g/mol. The summed E-state index contributed by atoms with van der Waals surface area (Å²) in [5.74, 6) is 0.241. The van der Waals surface area contributed by atoms with Gasteiger partial charge in [0.2, 0.25) is 0 Å². The highest BCUT2D eigenvalue weighted by atomic mass is 16.1. The van der Waals surface area contributed by atoms with E-state index in [0.717, 1.165) is 5.56 Å². The Morgan fingerprint density at radius 1 is 1.24 bits per heavy atom. The molecule has 1 N–H and O–H groups in total. The predicted octanol–water partition coefficient (Wildman–Crippen LogP) is 1.62. The number of benzene rings is 1. The zero-order valence-electron chi connectivity index (χ0n) is 11.3. The third-order valence-electron chi connectivity index (χ3n) is 2.90. The van der Waals surface area contributed by atoms with Crippen molar-refractivity contribution in [1.82, 2.24) is 25.2 Å². The van der Waals surface area contributed by atoms with Crippen LogP contribution in [0.2, 0.25) is 0 Å². The summed E-state index contributed by atoms with van der Waals surface area (Å²) in [5, 5.41) is 13.7. The van der Waals surface area contributed by atoms with Crippen LogP contribution < -0.4 is 5.32 Å². The summed E-state index contributed by atoms with van der Waals surface area (Å²) in [6, 6.07) is 10.8. The number of nitrogens with one attached hydrogen (secondary N) is 1. The molecule has 0 aliphatic carbocycles. The number of aryl methyl sites for hydroxylation is 1. The summed E-state index contributed by atoms with van der Waals surface area (Å²) in [6.45, 7) is 1.94. The minimum absolute atomic E-state index is 0.265. The van der Waals surface area contributed by atoms with Crippen LogP contribution in [0, 0.1) is 6.92 Å². The molecule has 0 aliphatic heterocycles. The van der Waals surface area contributed by atoms with Crippen molar-refractivity contribution in [2.75, 3.05) is 5.32 Å². The lowest BCUT2D eigenvalue weighted by molar-refractivity contribution is 0.102. The van der Waals surface area contributed by atoms with Gasteiger partial charge in [-0.25, -0.2) is 4.98 Å². The normalized spacial score (nSPS) is 10.3. The van der Waals surface area contributed by atoms with Crippen molar-refractivity contribution in [3.63, 3.8) is 0 Å². The largest absolute Gasteiger partial charge is 0.306 e. The van der Waals surface area contributed by atoms with Gasteiger partial charge in [0.05, 0.1) is 11.3 Å². The minimum Gasteiger partial charge on any atom is -0.306 e. The summed E-state index contributed by atoms with van der Waals surface area (Å²) < 4.78 is 1.44. The van der Waals surface area contributed by atoms with Crippen molar-refractivity contribution in [2.45, 2.75) is 6.92 Å². The van der Waals surface area contributed by atoms with E-state index in [4.69, 9.17) is 0 Å². The molecular weight excluding hydrogens is 268 g/mol. The number of hydrogen-bond acceptors (Lipinski definition) is 5. The first-order valence-corrected chi connectivity index (χ1v) is 6.30. The Bertz CT molecular complexity index is 769. The van der Waals surface area contributed by atoms with Crippen LogP contribution in [0.4, 0.5) is 5.82 Å². The molecule has 1 amide bonds. The molecule has 0 atom stereocenters. The molecular formula is C14H12N6O. The van der Waals surface area contributed by atoms with E-state index in [1.807, 2.05) is 19.1 Å². The molecule has 2 aromatic heterocycles. The number of carbonyl (C=O) groups is 1. The van der Waals surface area contributed by atoms with Gasteiger partial charge >= 0.3 is 0 Å². The number of nitrogens with zero attached hydrogens (tertiary/aromatic N) is 5. The molecule has 0 aliphatic rings. The Labute approximate surface area is 120 Å². The molecule has 2 heterocycles. The highest BCUT2D eigenvalue weighted by molar-refractivity contribution is 6.06. The van der Waals surface area contributed by atoms with Crippen LogP contribution in [-0.4, -0.2) is 31.1 Å². The zero-order chi connectivity index (χ0) is 14.7. The van der Waals surface area contributed by atoms with Crippen LogP contribution in [0.5, 0.6) is 0 Å². The molecule has 3 aromatic rings. The number of carbonyl (C=O) groups excluding carboxylic acids is 1. The van der Waals surface area contributed by atoms with Crippen molar-refractivity contribution < 1.29 is 4.79 Å². The van der Waals surface area contributed by atoms with Crippen LogP contribution >= 0.6 is 0 Å². The Hall–Kier alpha value is -3.09. The third-order valence-corrected chi connectivity index (χ3v) is 2.90. The van der Waals surface area contributed by atoms with Crippen LogP contribution in [0.25, 0.3) is 5.69 Å². The number of aromatic nitrogens is 5. The molecule has 0 fully saturated rings. The van der Waals surface area contributed by atoms with Crippen LogP contribution in [0.3, 0.4) is 0 Å². The molecule has 0 saturated heterocycles. The molecule has 7 heteroatoms. The quantitative estimate of drug-likeness (QED) is 0.788. The maximum absolute atomic E-state index is 12.4. The van der Waals surface area contributed by atoms with Gasteiger partial charge in [-0.1, -0.05) is 12.1 Å². The number of anilines is 1. The van der Waals surface area contributed by atoms with Gasteiger partial charge in [0, 0.05) is 6.20 Å². The Kier molecular flexibility index (Phi) is 3.38. The first-order chi connectivity index (χ1) is 10.2. The molecule has 1 aromatic carbocycles. The van der Waals surface area contributed by atoms with Crippen molar-refractivity contribution in [1.29, 1.82) is 0 Å². The van der Waals surface area contributed by atoms with E-state index in [1.165, 1.54) is 11.0 Å². The first-order valence-electron chi connectivity index (χ1n) is 6.30. The Morgan fingerprint density at radius 3 is 2.86 bits per heavy atom. The zero-order valence-corrected chi connectivity index (χ0v) is 11.3. The number of rotatable bonds is 3. The summed E-state index contributed by atoms with van der Waals surface area (Å²) in [5.41, 5.74) is 2.09. The highest BCUT2D eigenvalue weighted by Crippen LogP contribution is 2.15. The van der Waals surface area contributed by atoms with Crippen molar-refractivity contribution >= 4 is 11.7 Å². The lowest BCUT2D eigenvalue weighted by Gasteiger charge is -2.09. The lowest BCUT2D eigenvalue weighted by Crippen LogP contribution is -2.16. The summed E-state index contributed by atoms with van der Waals surface area (Å²) in [4.78, 5) is 16.5. The summed E-state index contributed by atoms with van der Waals surface area (Å²) in [7, 11) is 0. The molecule has 7 nitrogen and oxygen atoms in total. The van der Waals surface area contributed by atoms with Gasteiger partial charge in [0.25, 0.3) is 5.91 Å². The van der Waals surface area contributed by atoms with Gasteiger partial charge < -0.3 is 5.32 Å². The molecule has 104 valence electrons. The van der Waals surface area contributed by atoms with E-state index in [0.29, 0.717) is 17.1 Å². The SMILES string of the molecule is Cc1ccnc(NC(=O)c2ccccc2-n2cnnn2)c1. The number of amides is 1. The minimum atomic E-state index is -0.265. The number of pyridine rings is 1. The number of tetrazole rings is 1. The second-order valence-corrected chi connectivity index (χ2v) is 4.44. The Morgan fingerprint density at radius 2 is 2.10 bits per heavy atom. The van der Waals surface area contributed by atoms with E-state index in [2.05, 4.69) is 25.8 Å². The van der Waals surface area contributed by atoms with Gasteiger partial charge in [-0.3, -0.25) is 4.79 Å². The van der Waals surface area contributed by atoms with Gasteiger partial charge in [-0.2, -0.15) is 4.68 Å². The maximum atomic E-state index is 12.4. The smallest absolute Gasteiger partial charge is 0.259 e. The number of para-hydroxylation sites is 1. The molecule has 3 rings (SSSR count). The van der Waals surface area contributed by atoms with Crippen LogP contribution in [0.15, 0.2) is 48.9 Å². The maximum Gasteiger partial charge on any atom is 0.259 e. The third kappa shape index (κ3) is 2.76. The average Bonchev–Trinajstić information content (AvgIpc) is 3.01. The fourth-order valence-corrected chi connectivity index (χ4v) is 1.93. The van der Waals surface area contributed by atoms with Gasteiger partial charge in [0.1, 0.15) is 12.1 Å². The van der Waals surface area contributed by atoms with Gasteiger partial charge in [-0.15, -0.1) is 5.10 Å². The fraction of sp³-hybridized carbons (Fsp3) is 0.0714. The molecule has 0 radical (unpaired) electrons. The predicted molar refractivity (Wildman–Crippen MR) is 76.1 cm³/mol. The van der Waals surface area contributed by atoms with Crippen molar-refractivity contribution in [2.24, 2.45) is 0 Å². The summed E-state index contributed by atoms with van der Waals surface area (Å²) in [6.07, 6.45) is 3.09.